The number of hydrogen-bond acceptors (Lipinski definition) is 3. The van der Waals surface area contributed by atoms with Crippen LogP contribution in [0, 0.1) is 0 Å². The first-order valence-electron chi connectivity index (χ1n) is 5.36. The number of hydrogen-bond donors (Lipinski definition) is 1. The summed E-state index contributed by atoms with van der Waals surface area (Å²) in [5.74, 6) is 0. The van der Waals surface area contributed by atoms with Crippen molar-refractivity contribution >= 4 is 27.7 Å². The molecular formula is C13H13BrN2S. The Morgan fingerprint density at radius 1 is 1.12 bits per heavy atom. The van der Waals surface area contributed by atoms with Crippen molar-refractivity contribution in [1.29, 1.82) is 0 Å². The highest BCUT2D eigenvalue weighted by Gasteiger charge is 1.99. The first-order chi connectivity index (χ1) is 8.28. The van der Waals surface area contributed by atoms with E-state index < -0.39 is 0 Å². The van der Waals surface area contributed by atoms with Crippen molar-refractivity contribution < 1.29 is 0 Å². The van der Waals surface area contributed by atoms with Gasteiger partial charge in [0.15, 0.2) is 0 Å². The molecular weight excluding hydrogens is 296 g/mol. The fraction of sp³-hybridized carbons (Fsp3) is 0.154. The lowest BCUT2D eigenvalue weighted by molar-refractivity contribution is 0.945. The summed E-state index contributed by atoms with van der Waals surface area (Å²) in [5, 5.41) is 1.01. The van der Waals surface area contributed by atoms with E-state index in [1.807, 2.05) is 24.4 Å². The largest absolute Gasteiger partial charge is 0.330 e. The summed E-state index contributed by atoms with van der Waals surface area (Å²) in [5.41, 5.74) is 6.69. The van der Waals surface area contributed by atoms with Crippen LogP contribution in [0.4, 0.5) is 0 Å². The predicted octanol–water partition coefficient (Wildman–Crippen LogP) is 3.50. The Labute approximate surface area is 114 Å². The summed E-state index contributed by atoms with van der Waals surface area (Å²) < 4.78 is 1.09. The molecule has 17 heavy (non-hydrogen) atoms. The molecule has 0 atom stereocenters. The Kier molecular flexibility index (Phi) is 4.59. The van der Waals surface area contributed by atoms with Crippen LogP contribution < -0.4 is 5.73 Å². The van der Waals surface area contributed by atoms with Crippen LogP contribution in [0.1, 0.15) is 5.56 Å². The number of halogens is 1. The van der Waals surface area contributed by atoms with Crippen LogP contribution in [0.25, 0.3) is 0 Å². The maximum absolute atomic E-state index is 5.50. The van der Waals surface area contributed by atoms with Crippen molar-refractivity contribution in [2.45, 2.75) is 16.3 Å². The van der Waals surface area contributed by atoms with Crippen molar-refractivity contribution in [3.63, 3.8) is 0 Å². The van der Waals surface area contributed by atoms with Crippen molar-refractivity contribution in [3.05, 3.63) is 52.6 Å². The van der Waals surface area contributed by atoms with Crippen LogP contribution >= 0.6 is 27.7 Å². The molecule has 0 unspecified atom stereocenters. The summed E-state index contributed by atoms with van der Waals surface area (Å²) in [6.07, 6.45) is 2.78. The standard InChI is InChI=1S/C13H13BrN2S/c14-11-2-4-12(5-3-11)17-13-6-1-10(7-8-15)9-16-13/h1-6,9H,7-8,15H2. The van der Waals surface area contributed by atoms with Gasteiger partial charge in [0.2, 0.25) is 0 Å². The Morgan fingerprint density at radius 2 is 1.88 bits per heavy atom. The van der Waals surface area contributed by atoms with Gasteiger partial charge in [0.25, 0.3) is 0 Å². The smallest absolute Gasteiger partial charge is 0.101 e. The highest BCUT2D eigenvalue weighted by Crippen LogP contribution is 2.27. The van der Waals surface area contributed by atoms with Gasteiger partial charge in [0.05, 0.1) is 0 Å². The van der Waals surface area contributed by atoms with Gasteiger partial charge < -0.3 is 5.73 Å². The Balaban J connectivity index is 2.05. The zero-order valence-corrected chi connectivity index (χ0v) is 11.7. The molecule has 0 spiro atoms. The van der Waals surface area contributed by atoms with Crippen LogP contribution in [0.15, 0.2) is 57.0 Å². The van der Waals surface area contributed by atoms with Gasteiger partial charge in [-0.1, -0.05) is 33.8 Å². The van der Waals surface area contributed by atoms with Crippen molar-refractivity contribution in [2.24, 2.45) is 5.73 Å². The lowest BCUT2D eigenvalue weighted by Gasteiger charge is -2.02. The summed E-state index contributed by atoms with van der Waals surface area (Å²) in [6, 6.07) is 12.3. The van der Waals surface area contributed by atoms with Gasteiger partial charge in [-0.2, -0.15) is 0 Å². The van der Waals surface area contributed by atoms with Crippen molar-refractivity contribution in [3.8, 4) is 0 Å². The molecule has 2 N–H and O–H groups in total. The molecule has 0 aliphatic heterocycles. The number of rotatable bonds is 4. The lowest BCUT2D eigenvalue weighted by atomic mass is 10.2. The normalized spacial score (nSPS) is 10.5. The summed E-state index contributed by atoms with van der Waals surface area (Å²) in [7, 11) is 0. The van der Waals surface area contributed by atoms with Gasteiger partial charge in [0, 0.05) is 15.6 Å². The molecule has 0 aliphatic carbocycles. The number of aromatic nitrogens is 1. The van der Waals surface area contributed by atoms with Crippen molar-refractivity contribution in [2.75, 3.05) is 6.54 Å². The third-order valence-corrected chi connectivity index (χ3v) is 3.75. The summed E-state index contributed by atoms with van der Waals surface area (Å²) in [6.45, 7) is 0.668. The van der Waals surface area contributed by atoms with Crippen molar-refractivity contribution in [1.82, 2.24) is 4.98 Å². The molecule has 0 fully saturated rings. The fourth-order valence-electron chi connectivity index (χ4n) is 1.41. The summed E-state index contributed by atoms with van der Waals surface area (Å²) >= 11 is 5.08. The topological polar surface area (TPSA) is 38.9 Å². The quantitative estimate of drug-likeness (QED) is 0.939. The molecule has 0 radical (unpaired) electrons. The van der Waals surface area contributed by atoms with E-state index in [-0.39, 0.29) is 0 Å². The first-order valence-corrected chi connectivity index (χ1v) is 6.97. The van der Waals surface area contributed by atoms with E-state index in [9.17, 15) is 0 Å². The minimum Gasteiger partial charge on any atom is -0.330 e. The second-order valence-corrected chi connectivity index (χ2v) is 5.61. The van der Waals surface area contributed by atoms with E-state index in [2.05, 4.69) is 39.1 Å². The fourth-order valence-corrected chi connectivity index (χ4v) is 2.43. The van der Waals surface area contributed by atoms with Crippen LogP contribution in [-0.4, -0.2) is 11.5 Å². The molecule has 0 aliphatic rings. The second kappa shape index (κ2) is 6.19. The van der Waals surface area contributed by atoms with Gasteiger partial charge in [-0.15, -0.1) is 0 Å². The molecule has 1 heterocycles. The number of nitrogens with two attached hydrogens (primary N) is 1. The Bertz CT molecular complexity index is 468. The Hall–Kier alpha value is -0.840. The van der Waals surface area contributed by atoms with E-state index in [1.165, 1.54) is 10.5 Å². The van der Waals surface area contributed by atoms with Gasteiger partial charge in [-0.25, -0.2) is 4.98 Å². The molecule has 4 heteroatoms. The minimum atomic E-state index is 0.668. The average molecular weight is 309 g/mol. The van der Waals surface area contributed by atoms with Crippen LogP contribution in [-0.2, 0) is 6.42 Å². The molecule has 0 amide bonds. The Morgan fingerprint density at radius 3 is 2.47 bits per heavy atom. The number of nitrogens with zero attached hydrogens (tertiary/aromatic N) is 1. The van der Waals surface area contributed by atoms with Gasteiger partial charge in [-0.3, -0.25) is 0 Å². The van der Waals surface area contributed by atoms with Gasteiger partial charge >= 0.3 is 0 Å². The number of benzene rings is 1. The molecule has 2 aromatic rings. The van der Waals surface area contributed by atoms with E-state index in [0.29, 0.717) is 6.54 Å². The van der Waals surface area contributed by atoms with E-state index in [0.717, 1.165) is 15.9 Å². The highest BCUT2D eigenvalue weighted by atomic mass is 79.9. The molecule has 0 saturated heterocycles. The molecule has 2 nitrogen and oxygen atoms in total. The van der Waals surface area contributed by atoms with Gasteiger partial charge in [0.1, 0.15) is 5.03 Å². The predicted molar refractivity (Wildman–Crippen MR) is 75.3 cm³/mol. The molecule has 1 aromatic carbocycles. The first kappa shape index (κ1) is 12.6. The highest BCUT2D eigenvalue weighted by molar-refractivity contribution is 9.10. The molecule has 0 bridgehead atoms. The number of pyridine rings is 1. The zero-order chi connectivity index (χ0) is 12.1. The van der Waals surface area contributed by atoms with Gasteiger partial charge in [-0.05, 0) is 48.9 Å². The molecule has 0 saturated carbocycles. The maximum atomic E-state index is 5.50. The van der Waals surface area contributed by atoms with Crippen LogP contribution in [0.2, 0.25) is 0 Å². The van der Waals surface area contributed by atoms with Crippen LogP contribution in [0.5, 0.6) is 0 Å². The molecule has 1 aromatic heterocycles. The summed E-state index contributed by atoms with van der Waals surface area (Å²) in [4.78, 5) is 5.60. The second-order valence-electron chi connectivity index (χ2n) is 3.60. The van der Waals surface area contributed by atoms with E-state index in [4.69, 9.17) is 5.73 Å². The van der Waals surface area contributed by atoms with E-state index in [1.54, 1.807) is 11.8 Å². The van der Waals surface area contributed by atoms with E-state index >= 15 is 0 Å². The SMILES string of the molecule is NCCc1ccc(Sc2ccc(Br)cc2)nc1. The lowest BCUT2D eigenvalue weighted by Crippen LogP contribution is -2.02. The van der Waals surface area contributed by atoms with Crippen LogP contribution in [0.3, 0.4) is 0 Å². The maximum Gasteiger partial charge on any atom is 0.101 e. The zero-order valence-electron chi connectivity index (χ0n) is 9.27. The molecule has 2 rings (SSSR count). The third-order valence-electron chi connectivity index (χ3n) is 2.27. The molecule has 88 valence electrons. The monoisotopic (exact) mass is 308 g/mol. The minimum absolute atomic E-state index is 0.668. The average Bonchev–Trinajstić information content (AvgIpc) is 2.35. The third kappa shape index (κ3) is 3.84.